The van der Waals surface area contributed by atoms with Gasteiger partial charge in [-0.3, -0.25) is 0 Å². The van der Waals surface area contributed by atoms with Gasteiger partial charge in [-0.05, 0) is 0 Å². The number of hydrogen-bond acceptors (Lipinski definition) is 0. The Morgan fingerprint density at radius 3 is 2.21 bits per heavy atom. The smallest absolute Gasteiger partial charge is 1.00 e. The molecule has 0 amide bonds. The Morgan fingerprint density at radius 1 is 0.917 bits per heavy atom. The molecule has 2 aromatic rings. The van der Waals surface area contributed by atoms with Gasteiger partial charge in [-0.15, -0.1) is 0 Å². The predicted octanol–water partition coefficient (Wildman–Crippen LogP) is -3.67. The molecule has 0 spiro atoms. The number of allylic oxidation sites excluding steroid dienone is 1. The zero-order chi connectivity index (χ0) is 14.7. The van der Waals surface area contributed by atoms with Gasteiger partial charge in [0.2, 0.25) is 0 Å². The van der Waals surface area contributed by atoms with E-state index in [-0.39, 0.29) is 45.1 Å². The van der Waals surface area contributed by atoms with E-state index in [0.717, 1.165) is 7.25 Å². The van der Waals surface area contributed by atoms with Crippen molar-refractivity contribution in [3.63, 3.8) is 0 Å². The summed E-state index contributed by atoms with van der Waals surface area (Å²) in [6, 6.07) is 20.2. The summed E-state index contributed by atoms with van der Waals surface area (Å²) in [5.41, 5.74) is 4.62. The summed E-state index contributed by atoms with van der Waals surface area (Å²) in [7, 11) is 0.167. The van der Waals surface area contributed by atoms with Crippen molar-refractivity contribution in [2.45, 2.75) is 7.25 Å². The zero-order valence-corrected chi connectivity index (χ0v) is 19.4. The van der Waals surface area contributed by atoms with Gasteiger partial charge in [-0.1, -0.05) is 0 Å². The van der Waals surface area contributed by atoms with Crippen LogP contribution < -0.4 is 37.2 Å². The van der Waals surface area contributed by atoms with Crippen LogP contribution in [0.3, 0.4) is 0 Å². The molecule has 0 aromatic heterocycles. The third kappa shape index (κ3) is 6.26. The fourth-order valence-electron chi connectivity index (χ4n) is 2.92. The molecule has 0 radical (unpaired) electrons. The quantitative estimate of drug-likeness (QED) is 0.390. The molecule has 0 nitrogen and oxygen atoms in total. The van der Waals surface area contributed by atoms with Crippen molar-refractivity contribution in [2.24, 2.45) is 0 Å². The molecule has 0 fully saturated rings. The van der Waals surface area contributed by atoms with E-state index in [1.807, 2.05) is 0 Å². The third-order valence-corrected chi connectivity index (χ3v) is 10.3. The van der Waals surface area contributed by atoms with Crippen molar-refractivity contribution in [3.05, 3.63) is 77.4 Å². The Kier molecular flexibility index (Phi) is 12.1. The number of hydrogen-bond donors (Lipinski definition) is 0. The van der Waals surface area contributed by atoms with E-state index < -0.39 is 23.2 Å². The summed E-state index contributed by atoms with van der Waals surface area (Å²) >= 11 is -0.544. The minimum absolute atomic E-state index is 0. The molecule has 0 saturated carbocycles. The molecular weight excluding hydrogens is 457 g/mol. The minimum Gasteiger partial charge on any atom is -1.00 e. The molecule has 2 unspecified atom stereocenters. The van der Waals surface area contributed by atoms with Crippen LogP contribution in [0, 0.1) is 0 Å². The fourth-order valence-corrected chi connectivity index (χ4v) is 11.0. The van der Waals surface area contributed by atoms with E-state index in [9.17, 15) is 0 Å². The number of fused-ring (bicyclic) bond motifs is 1. The first kappa shape index (κ1) is 24.4. The van der Waals surface area contributed by atoms with Gasteiger partial charge in [0.1, 0.15) is 0 Å². The van der Waals surface area contributed by atoms with Crippen LogP contribution in [-0.4, -0.2) is 19.5 Å². The first-order valence-electron chi connectivity index (χ1n) is 7.47. The summed E-state index contributed by atoms with van der Waals surface area (Å²) in [6.07, 6.45) is 6.21. The Morgan fingerprint density at radius 2 is 1.54 bits per heavy atom. The van der Waals surface area contributed by atoms with Crippen LogP contribution >= 0.6 is 7.92 Å². The molecule has 0 N–H and O–H groups in total. The van der Waals surface area contributed by atoms with Gasteiger partial charge in [0, 0.05) is 0 Å². The van der Waals surface area contributed by atoms with E-state index in [2.05, 4.69) is 80.1 Å². The van der Waals surface area contributed by atoms with Gasteiger partial charge >= 0.3 is 141 Å². The van der Waals surface area contributed by atoms with Crippen LogP contribution in [0.5, 0.6) is 0 Å². The van der Waals surface area contributed by atoms with Crippen LogP contribution in [0.25, 0.3) is 6.08 Å². The van der Waals surface area contributed by atoms with Gasteiger partial charge in [0.25, 0.3) is 0 Å². The maximum atomic E-state index is 2.47. The number of benzene rings is 2. The maximum absolute atomic E-state index is 2.47. The molecule has 127 valence electrons. The molecule has 5 heteroatoms. The first-order chi connectivity index (χ1) is 10.2. The minimum atomic E-state index is -0.544. The van der Waals surface area contributed by atoms with Crippen molar-refractivity contribution < 1.29 is 60.5 Å². The average molecular weight is 478 g/mol. The van der Waals surface area contributed by atoms with Crippen LogP contribution in [0.1, 0.15) is 23.9 Å². The summed E-state index contributed by atoms with van der Waals surface area (Å²) in [6.45, 7) is 4.84. The Labute approximate surface area is 177 Å². The average Bonchev–Trinajstić information content (AvgIpc) is 2.90. The molecule has 0 saturated heterocycles. The standard InChI is InChI=1S/C10H14P.C9H7.3ClH.Zr/c1-11(2)9-8-10-6-4-3-5-7-10;1-2-5-9-7-3-6-8(9)4-1;;;;/h3-8H,9H2,1-2H3;1-7H;3*1H;/q;;;;;+3/p-3. The third-order valence-electron chi connectivity index (χ3n) is 3.93. The van der Waals surface area contributed by atoms with Gasteiger partial charge in [-0.2, -0.15) is 0 Å². The Balaban J connectivity index is 0.00000176. The van der Waals surface area contributed by atoms with Crippen LogP contribution in [-0.2, 0) is 23.2 Å². The van der Waals surface area contributed by atoms with Crippen LogP contribution in [0.15, 0.2) is 60.7 Å². The summed E-state index contributed by atoms with van der Waals surface area (Å²) < 4.78 is 1.60. The van der Waals surface area contributed by atoms with Crippen LogP contribution in [0.2, 0.25) is 0 Å². The predicted molar refractivity (Wildman–Crippen MR) is 91.0 cm³/mol. The normalized spacial score (nSPS) is 15.4. The monoisotopic (exact) mass is 475 g/mol. The van der Waals surface area contributed by atoms with E-state index in [1.54, 1.807) is 11.1 Å². The van der Waals surface area contributed by atoms with E-state index in [1.165, 1.54) is 11.7 Å². The Bertz CT molecular complexity index is 632. The topological polar surface area (TPSA) is 0 Å². The molecule has 2 aromatic carbocycles. The molecule has 0 heterocycles. The summed E-state index contributed by atoms with van der Waals surface area (Å²) in [4.78, 5) is 0. The number of rotatable bonds is 5. The van der Waals surface area contributed by atoms with Crippen LogP contribution in [0.4, 0.5) is 0 Å². The largest absolute Gasteiger partial charge is 1.00 e. The van der Waals surface area contributed by atoms with E-state index in [0.29, 0.717) is 0 Å². The zero-order valence-electron chi connectivity index (χ0n) is 13.8. The SMILES string of the molecule is CP(C)C[CH]([Zr+3][CH]1C=Cc2ccccc21)c1ccccc1.[Cl-].[Cl-].[Cl-]. The van der Waals surface area contributed by atoms with Crippen molar-refractivity contribution in [1.82, 2.24) is 0 Å². The van der Waals surface area contributed by atoms with Gasteiger partial charge in [0.15, 0.2) is 0 Å². The van der Waals surface area contributed by atoms with Gasteiger partial charge in [-0.25, -0.2) is 0 Å². The van der Waals surface area contributed by atoms with E-state index in [4.69, 9.17) is 0 Å². The molecule has 24 heavy (non-hydrogen) atoms. The van der Waals surface area contributed by atoms with Gasteiger partial charge in [0.05, 0.1) is 0 Å². The summed E-state index contributed by atoms with van der Waals surface area (Å²) in [5.74, 6) is 0. The first-order valence-corrected chi connectivity index (χ1v) is 12.7. The molecule has 1 aliphatic carbocycles. The second-order valence-electron chi connectivity index (χ2n) is 5.86. The molecular formula is C19H21Cl3PZr. The second kappa shape index (κ2) is 11.9. The van der Waals surface area contributed by atoms with E-state index >= 15 is 0 Å². The van der Waals surface area contributed by atoms with Crippen molar-refractivity contribution in [2.75, 3.05) is 19.5 Å². The molecule has 0 aliphatic heterocycles. The molecule has 2 atom stereocenters. The van der Waals surface area contributed by atoms with Crippen molar-refractivity contribution in [1.29, 1.82) is 0 Å². The molecule has 0 bridgehead atoms. The number of halogens is 3. The molecule has 1 aliphatic rings. The van der Waals surface area contributed by atoms with Crippen molar-refractivity contribution in [3.8, 4) is 0 Å². The van der Waals surface area contributed by atoms with Crippen molar-refractivity contribution >= 4 is 14.0 Å². The maximum Gasteiger partial charge on any atom is -1.00 e. The second-order valence-corrected chi connectivity index (χ2v) is 12.4. The fraction of sp³-hybridized carbons (Fsp3) is 0.263. The van der Waals surface area contributed by atoms with Gasteiger partial charge < -0.3 is 37.2 Å². The Hall–Kier alpha value is 0.363. The summed E-state index contributed by atoms with van der Waals surface area (Å²) in [5, 5.41) is 0. The molecule has 3 rings (SSSR count).